The molecule has 0 atom stereocenters. The smallest absolute Gasteiger partial charge is 0.198 e. The molecule has 0 aliphatic heterocycles. The monoisotopic (exact) mass is 213 g/mol. The van der Waals surface area contributed by atoms with Gasteiger partial charge in [0.1, 0.15) is 0 Å². The Kier molecular flexibility index (Phi) is 3.35. The molecule has 0 bridgehead atoms. The van der Waals surface area contributed by atoms with E-state index in [1.165, 1.54) is 19.1 Å². The predicted octanol–water partition coefficient (Wildman–Crippen LogP) is 3.47. The highest BCUT2D eigenvalue weighted by molar-refractivity contribution is 5.33. The second kappa shape index (κ2) is 4.35. The van der Waals surface area contributed by atoms with Crippen LogP contribution in [0.3, 0.4) is 0 Å². The van der Waals surface area contributed by atoms with Gasteiger partial charge in [-0.2, -0.15) is 18.4 Å². The molecule has 1 aromatic rings. The van der Waals surface area contributed by atoms with Gasteiger partial charge in [0.05, 0.1) is 11.6 Å². The molecule has 0 saturated carbocycles. The van der Waals surface area contributed by atoms with Gasteiger partial charge in [-0.25, -0.2) is 0 Å². The first kappa shape index (κ1) is 11.6. The third-order valence-electron chi connectivity index (χ3n) is 2.12. The van der Waals surface area contributed by atoms with Crippen molar-refractivity contribution in [3.8, 4) is 6.07 Å². The van der Waals surface area contributed by atoms with Gasteiger partial charge in [0.2, 0.25) is 0 Å². The second-order valence-electron chi connectivity index (χ2n) is 3.31. The van der Waals surface area contributed by atoms with Crippen molar-refractivity contribution >= 4 is 0 Å². The topological polar surface area (TPSA) is 23.8 Å². The second-order valence-corrected chi connectivity index (χ2v) is 3.31. The lowest BCUT2D eigenvalue weighted by molar-refractivity contribution is -0.138. The van der Waals surface area contributed by atoms with Crippen molar-refractivity contribution in [2.24, 2.45) is 0 Å². The summed E-state index contributed by atoms with van der Waals surface area (Å²) in [6, 6.07) is 5.94. The number of benzene rings is 1. The zero-order valence-corrected chi connectivity index (χ0v) is 8.23. The SMILES string of the molecule is Cc1cc(CCC#N)ccc1C(F)(F)F. The van der Waals surface area contributed by atoms with Crippen LogP contribution < -0.4 is 0 Å². The highest BCUT2D eigenvalue weighted by Gasteiger charge is 2.31. The van der Waals surface area contributed by atoms with Crippen molar-refractivity contribution in [1.82, 2.24) is 0 Å². The van der Waals surface area contributed by atoms with Crippen molar-refractivity contribution in [1.29, 1.82) is 5.26 Å². The average Bonchev–Trinajstić information content (AvgIpc) is 2.12. The van der Waals surface area contributed by atoms with Gasteiger partial charge in [0.15, 0.2) is 0 Å². The Labute approximate surface area is 86.1 Å². The third-order valence-corrected chi connectivity index (χ3v) is 2.12. The van der Waals surface area contributed by atoms with Gasteiger partial charge < -0.3 is 0 Å². The van der Waals surface area contributed by atoms with E-state index in [1.54, 1.807) is 0 Å². The van der Waals surface area contributed by atoms with E-state index < -0.39 is 11.7 Å². The maximum Gasteiger partial charge on any atom is 0.416 e. The number of aryl methyl sites for hydroxylation is 2. The summed E-state index contributed by atoms with van der Waals surface area (Å²) in [7, 11) is 0. The standard InChI is InChI=1S/C11H10F3N/c1-8-7-9(3-2-6-15)4-5-10(8)11(12,13)14/h4-5,7H,2-3H2,1H3. The molecule has 0 aliphatic rings. The molecule has 0 aromatic heterocycles. The molecule has 0 radical (unpaired) electrons. The van der Waals surface area contributed by atoms with Crippen LogP contribution in [0.15, 0.2) is 18.2 Å². The summed E-state index contributed by atoms with van der Waals surface area (Å²) < 4.78 is 37.1. The molecule has 0 N–H and O–H groups in total. The lowest BCUT2D eigenvalue weighted by Crippen LogP contribution is -2.07. The third kappa shape index (κ3) is 2.98. The summed E-state index contributed by atoms with van der Waals surface area (Å²) in [5, 5.41) is 8.35. The van der Waals surface area contributed by atoms with E-state index in [0.29, 0.717) is 12.8 Å². The number of rotatable bonds is 2. The fraction of sp³-hybridized carbons (Fsp3) is 0.364. The highest BCUT2D eigenvalue weighted by atomic mass is 19.4. The Bertz CT molecular complexity index is 388. The minimum absolute atomic E-state index is 0.206. The van der Waals surface area contributed by atoms with E-state index in [4.69, 9.17) is 5.26 Å². The molecule has 0 saturated heterocycles. The Morgan fingerprint density at radius 1 is 1.33 bits per heavy atom. The van der Waals surface area contributed by atoms with Gasteiger partial charge in [0.25, 0.3) is 0 Å². The molecule has 1 rings (SSSR count). The predicted molar refractivity (Wildman–Crippen MR) is 50.1 cm³/mol. The Hall–Kier alpha value is -1.50. The zero-order valence-electron chi connectivity index (χ0n) is 8.23. The fourth-order valence-corrected chi connectivity index (χ4v) is 1.40. The summed E-state index contributed by atoms with van der Waals surface area (Å²) in [6.07, 6.45) is -3.47. The lowest BCUT2D eigenvalue weighted by Gasteiger charge is -2.10. The van der Waals surface area contributed by atoms with E-state index in [1.807, 2.05) is 6.07 Å². The molecule has 15 heavy (non-hydrogen) atoms. The van der Waals surface area contributed by atoms with Crippen LogP contribution in [0, 0.1) is 18.3 Å². The van der Waals surface area contributed by atoms with Gasteiger partial charge >= 0.3 is 6.18 Å². The van der Waals surface area contributed by atoms with Gasteiger partial charge in [-0.3, -0.25) is 0 Å². The van der Waals surface area contributed by atoms with Crippen LogP contribution in [-0.4, -0.2) is 0 Å². The van der Waals surface area contributed by atoms with Crippen LogP contribution in [0.25, 0.3) is 0 Å². The molecule has 0 aliphatic carbocycles. The minimum atomic E-state index is -4.29. The number of hydrogen-bond acceptors (Lipinski definition) is 1. The van der Waals surface area contributed by atoms with Gasteiger partial charge in [-0.05, 0) is 30.5 Å². The molecule has 1 nitrogen and oxygen atoms in total. The largest absolute Gasteiger partial charge is 0.416 e. The van der Waals surface area contributed by atoms with E-state index >= 15 is 0 Å². The van der Waals surface area contributed by atoms with Crippen LogP contribution in [0.2, 0.25) is 0 Å². The molecule has 80 valence electrons. The number of hydrogen-bond donors (Lipinski definition) is 0. The molecule has 0 fully saturated rings. The van der Waals surface area contributed by atoms with Crippen molar-refractivity contribution in [2.75, 3.05) is 0 Å². The molecule has 1 aromatic carbocycles. The Balaban J connectivity index is 2.94. The van der Waals surface area contributed by atoms with Crippen molar-refractivity contribution in [2.45, 2.75) is 25.9 Å². The van der Waals surface area contributed by atoms with E-state index in [-0.39, 0.29) is 5.56 Å². The maximum absolute atomic E-state index is 12.4. The minimum Gasteiger partial charge on any atom is -0.198 e. The molecular formula is C11H10F3N. The summed E-state index contributed by atoms with van der Waals surface area (Å²) >= 11 is 0. The summed E-state index contributed by atoms with van der Waals surface area (Å²) in [5.74, 6) is 0. The van der Waals surface area contributed by atoms with E-state index in [0.717, 1.165) is 11.6 Å². The van der Waals surface area contributed by atoms with Crippen LogP contribution in [0.1, 0.15) is 23.1 Å². The number of nitrogens with zero attached hydrogens (tertiary/aromatic N) is 1. The molecular weight excluding hydrogens is 203 g/mol. The van der Waals surface area contributed by atoms with Crippen molar-refractivity contribution in [3.05, 3.63) is 34.9 Å². The first-order valence-corrected chi connectivity index (χ1v) is 4.49. The van der Waals surface area contributed by atoms with Crippen molar-refractivity contribution < 1.29 is 13.2 Å². The van der Waals surface area contributed by atoms with Crippen LogP contribution in [0.5, 0.6) is 0 Å². The first-order chi connectivity index (χ1) is 6.95. The first-order valence-electron chi connectivity index (χ1n) is 4.49. The van der Waals surface area contributed by atoms with E-state index in [2.05, 4.69) is 0 Å². The van der Waals surface area contributed by atoms with Gasteiger partial charge in [0, 0.05) is 6.42 Å². The molecule has 0 heterocycles. The molecule has 0 amide bonds. The molecule has 0 spiro atoms. The quantitative estimate of drug-likeness (QED) is 0.737. The number of alkyl halides is 3. The average molecular weight is 213 g/mol. The highest BCUT2D eigenvalue weighted by Crippen LogP contribution is 2.32. The van der Waals surface area contributed by atoms with Crippen molar-refractivity contribution in [3.63, 3.8) is 0 Å². The molecule has 4 heteroatoms. The Morgan fingerprint density at radius 3 is 2.47 bits per heavy atom. The van der Waals surface area contributed by atoms with Crippen LogP contribution >= 0.6 is 0 Å². The summed E-state index contributed by atoms with van der Waals surface area (Å²) in [4.78, 5) is 0. The normalized spacial score (nSPS) is 11.1. The maximum atomic E-state index is 12.4. The summed E-state index contributed by atoms with van der Waals surface area (Å²) in [6.45, 7) is 1.43. The Morgan fingerprint density at radius 2 is 2.00 bits per heavy atom. The van der Waals surface area contributed by atoms with Gasteiger partial charge in [-0.1, -0.05) is 12.1 Å². The number of halogens is 3. The van der Waals surface area contributed by atoms with Crippen LogP contribution in [0.4, 0.5) is 13.2 Å². The van der Waals surface area contributed by atoms with Crippen LogP contribution in [-0.2, 0) is 12.6 Å². The number of nitriles is 1. The van der Waals surface area contributed by atoms with E-state index in [9.17, 15) is 13.2 Å². The van der Waals surface area contributed by atoms with Gasteiger partial charge in [-0.15, -0.1) is 0 Å². The summed E-state index contributed by atoms with van der Waals surface area (Å²) in [5.41, 5.74) is 0.364. The fourth-order valence-electron chi connectivity index (χ4n) is 1.40. The molecule has 0 unspecified atom stereocenters. The zero-order chi connectivity index (χ0) is 11.5. The lowest BCUT2D eigenvalue weighted by atomic mass is 10.0.